The summed E-state index contributed by atoms with van der Waals surface area (Å²) < 4.78 is 79.0. The first-order valence-corrected chi connectivity index (χ1v) is 8.63. The van der Waals surface area contributed by atoms with Gasteiger partial charge in [-0.1, -0.05) is 6.07 Å². The third-order valence-corrected chi connectivity index (χ3v) is 4.18. The third kappa shape index (κ3) is 4.25. The Morgan fingerprint density at radius 3 is 2.35 bits per heavy atom. The molecule has 0 aliphatic carbocycles. The summed E-state index contributed by atoms with van der Waals surface area (Å²) >= 11 is 0. The molecule has 4 aromatic heterocycles. The summed E-state index contributed by atoms with van der Waals surface area (Å²) in [5, 5.41) is 6.76. The van der Waals surface area contributed by atoms with Crippen molar-refractivity contribution in [2.24, 2.45) is 0 Å². The van der Waals surface area contributed by atoms with E-state index in [1.54, 1.807) is 12.1 Å². The van der Waals surface area contributed by atoms with E-state index < -0.39 is 23.6 Å². The fourth-order valence-corrected chi connectivity index (χ4v) is 2.78. The van der Waals surface area contributed by atoms with Gasteiger partial charge in [0.05, 0.1) is 17.1 Å². The Labute approximate surface area is 169 Å². The van der Waals surface area contributed by atoms with Crippen LogP contribution in [0.2, 0.25) is 0 Å². The number of fused-ring (bicyclic) bond motifs is 1. The first kappa shape index (κ1) is 20.5. The first-order chi connectivity index (χ1) is 14.6. The average Bonchev–Trinajstić information content (AvgIpc) is 3.22. The molecule has 0 radical (unpaired) electrons. The second kappa shape index (κ2) is 7.49. The molecule has 31 heavy (non-hydrogen) atoms. The lowest BCUT2D eigenvalue weighted by atomic mass is 10.2. The molecular formula is C18H11F6N7. The molecule has 0 spiro atoms. The predicted molar refractivity (Wildman–Crippen MR) is 96.0 cm³/mol. The monoisotopic (exact) mass is 439 g/mol. The molecule has 0 aliphatic heterocycles. The number of hydrogen-bond acceptors (Lipinski definition) is 6. The summed E-state index contributed by atoms with van der Waals surface area (Å²) in [4.78, 5) is 15.7. The van der Waals surface area contributed by atoms with E-state index >= 15 is 0 Å². The van der Waals surface area contributed by atoms with Crippen LogP contribution < -0.4 is 5.32 Å². The summed E-state index contributed by atoms with van der Waals surface area (Å²) in [6.07, 6.45) is -5.49. The molecule has 0 saturated carbocycles. The van der Waals surface area contributed by atoms with E-state index in [2.05, 4.69) is 30.4 Å². The van der Waals surface area contributed by atoms with Crippen LogP contribution in [-0.4, -0.2) is 29.7 Å². The molecule has 4 rings (SSSR count). The van der Waals surface area contributed by atoms with E-state index in [0.29, 0.717) is 17.8 Å². The minimum absolute atomic E-state index is 0.0779. The zero-order chi connectivity index (χ0) is 22.2. The van der Waals surface area contributed by atoms with Crippen LogP contribution in [0.15, 0.2) is 49.1 Å². The van der Waals surface area contributed by atoms with Crippen molar-refractivity contribution < 1.29 is 26.3 Å². The Bertz CT molecular complexity index is 1230. The van der Waals surface area contributed by atoms with E-state index in [0.717, 1.165) is 10.9 Å². The Balaban J connectivity index is 1.72. The molecule has 0 bridgehead atoms. The topological polar surface area (TPSA) is 81.4 Å². The van der Waals surface area contributed by atoms with Crippen molar-refractivity contribution in [2.45, 2.75) is 18.9 Å². The Kier molecular flexibility index (Phi) is 4.95. The van der Waals surface area contributed by atoms with Gasteiger partial charge in [-0.15, -0.1) is 0 Å². The van der Waals surface area contributed by atoms with Gasteiger partial charge >= 0.3 is 12.4 Å². The number of rotatable bonds is 4. The van der Waals surface area contributed by atoms with Crippen LogP contribution >= 0.6 is 0 Å². The normalized spacial score (nSPS) is 12.3. The van der Waals surface area contributed by atoms with Gasteiger partial charge in [-0.05, 0) is 18.2 Å². The molecule has 1 N–H and O–H groups in total. The highest BCUT2D eigenvalue weighted by Crippen LogP contribution is 2.31. The highest BCUT2D eigenvalue weighted by Gasteiger charge is 2.35. The number of nitrogens with one attached hydrogen (secondary N) is 1. The average molecular weight is 439 g/mol. The zero-order valence-corrected chi connectivity index (χ0v) is 15.3. The maximum Gasteiger partial charge on any atom is 0.433 e. The molecule has 160 valence electrons. The van der Waals surface area contributed by atoms with Gasteiger partial charge in [-0.3, -0.25) is 4.98 Å². The fourth-order valence-electron chi connectivity index (χ4n) is 2.78. The van der Waals surface area contributed by atoms with Crippen LogP contribution in [0.4, 0.5) is 32.2 Å². The number of nitrogens with zero attached hydrogens (tertiary/aromatic N) is 6. The minimum Gasteiger partial charge on any atom is -0.365 e. The van der Waals surface area contributed by atoms with Crippen molar-refractivity contribution in [3.8, 4) is 5.95 Å². The number of alkyl halides is 6. The van der Waals surface area contributed by atoms with E-state index in [1.165, 1.54) is 18.3 Å². The van der Waals surface area contributed by atoms with Crippen LogP contribution in [-0.2, 0) is 18.9 Å². The maximum absolute atomic E-state index is 13.2. The zero-order valence-electron chi connectivity index (χ0n) is 15.3. The second-order valence-electron chi connectivity index (χ2n) is 6.28. The molecule has 0 unspecified atom stereocenters. The van der Waals surface area contributed by atoms with E-state index in [9.17, 15) is 26.3 Å². The van der Waals surface area contributed by atoms with Crippen LogP contribution in [0.3, 0.4) is 0 Å². The van der Waals surface area contributed by atoms with E-state index in [1.807, 2.05) is 0 Å². The highest BCUT2D eigenvalue weighted by atomic mass is 19.4. The quantitative estimate of drug-likeness (QED) is 0.479. The molecule has 4 aromatic rings. The largest absolute Gasteiger partial charge is 0.433 e. The fraction of sp³-hybridized carbons (Fsp3) is 0.167. The number of halogens is 6. The second-order valence-corrected chi connectivity index (χ2v) is 6.28. The standard InChI is InChI=1S/C18H11F6N7/c19-17(20,21)11-8-28-31(9-11)16-29-14-12(4-2-6-26-14)15(30-16)27-7-10-3-1-5-25-13(10)18(22,23)24/h1-6,8-9H,7H2,(H,26,27,29,30). The van der Waals surface area contributed by atoms with Gasteiger partial charge in [0, 0.05) is 30.7 Å². The van der Waals surface area contributed by atoms with Crippen molar-refractivity contribution in [2.75, 3.05) is 5.32 Å². The van der Waals surface area contributed by atoms with Crippen molar-refractivity contribution in [1.29, 1.82) is 0 Å². The number of pyridine rings is 2. The molecule has 0 saturated heterocycles. The van der Waals surface area contributed by atoms with Crippen molar-refractivity contribution in [3.63, 3.8) is 0 Å². The Morgan fingerprint density at radius 2 is 1.65 bits per heavy atom. The lowest BCUT2D eigenvalue weighted by molar-refractivity contribution is -0.141. The highest BCUT2D eigenvalue weighted by molar-refractivity contribution is 5.86. The lowest BCUT2D eigenvalue weighted by Crippen LogP contribution is -2.15. The van der Waals surface area contributed by atoms with Gasteiger partial charge in [0.15, 0.2) is 5.65 Å². The van der Waals surface area contributed by atoms with Gasteiger partial charge in [0.2, 0.25) is 0 Å². The predicted octanol–water partition coefficient (Wildman–Crippen LogP) is 4.26. The molecule has 0 atom stereocenters. The summed E-state index contributed by atoms with van der Waals surface area (Å²) in [7, 11) is 0. The molecule has 0 amide bonds. The van der Waals surface area contributed by atoms with Crippen LogP contribution in [0.5, 0.6) is 0 Å². The Morgan fingerprint density at radius 1 is 0.903 bits per heavy atom. The molecule has 7 nitrogen and oxygen atoms in total. The van der Waals surface area contributed by atoms with Crippen LogP contribution in [0.25, 0.3) is 17.0 Å². The Hall–Kier alpha value is -3.77. The van der Waals surface area contributed by atoms with Gasteiger partial charge < -0.3 is 5.32 Å². The summed E-state index contributed by atoms with van der Waals surface area (Å²) in [5.74, 6) is -0.152. The molecule has 0 aromatic carbocycles. The summed E-state index contributed by atoms with van der Waals surface area (Å²) in [6.45, 7) is -0.296. The van der Waals surface area contributed by atoms with E-state index in [-0.39, 0.29) is 29.5 Å². The minimum atomic E-state index is -4.65. The van der Waals surface area contributed by atoms with E-state index in [4.69, 9.17) is 0 Å². The smallest absolute Gasteiger partial charge is 0.365 e. The van der Waals surface area contributed by atoms with Crippen molar-refractivity contribution >= 4 is 16.9 Å². The van der Waals surface area contributed by atoms with Crippen LogP contribution in [0, 0.1) is 0 Å². The number of aromatic nitrogens is 6. The number of hydrogen-bond donors (Lipinski definition) is 1. The molecular weight excluding hydrogens is 428 g/mol. The van der Waals surface area contributed by atoms with Crippen LogP contribution in [0.1, 0.15) is 16.8 Å². The summed E-state index contributed by atoms with van der Waals surface area (Å²) in [5.41, 5.74) is -2.06. The molecule has 4 heterocycles. The SMILES string of the molecule is FC(F)(F)c1cnn(-c2nc(NCc3cccnc3C(F)(F)F)c3cccnc3n2)c1. The molecule has 0 aliphatic rings. The summed E-state index contributed by atoms with van der Waals surface area (Å²) in [6, 6.07) is 5.76. The van der Waals surface area contributed by atoms with Gasteiger partial charge in [0.1, 0.15) is 11.5 Å². The van der Waals surface area contributed by atoms with Gasteiger partial charge in [-0.25, -0.2) is 9.67 Å². The van der Waals surface area contributed by atoms with Crippen molar-refractivity contribution in [1.82, 2.24) is 29.7 Å². The molecule has 0 fully saturated rings. The van der Waals surface area contributed by atoms with Crippen molar-refractivity contribution in [3.05, 3.63) is 65.9 Å². The molecule has 13 heteroatoms. The van der Waals surface area contributed by atoms with Gasteiger partial charge in [0.25, 0.3) is 5.95 Å². The first-order valence-electron chi connectivity index (χ1n) is 8.63. The lowest BCUT2D eigenvalue weighted by Gasteiger charge is -2.14. The maximum atomic E-state index is 13.2. The van der Waals surface area contributed by atoms with Gasteiger partial charge in [-0.2, -0.15) is 41.4 Å². The third-order valence-electron chi connectivity index (χ3n) is 4.18. The number of anilines is 1.